The Bertz CT molecular complexity index is 178. The first-order valence-corrected chi connectivity index (χ1v) is 4.08. The zero-order chi connectivity index (χ0) is 9.56. The van der Waals surface area contributed by atoms with Crippen molar-refractivity contribution in [2.24, 2.45) is 0 Å². The maximum Gasteiger partial charge on any atom is 0.159 e. The van der Waals surface area contributed by atoms with Crippen LogP contribution in [-0.4, -0.2) is 24.1 Å². The van der Waals surface area contributed by atoms with E-state index in [0.29, 0.717) is 6.42 Å². The van der Waals surface area contributed by atoms with Crippen LogP contribution >= 0.6 is 0 Å². The third-order valence-electron chi connectivity index (χ3n) is 1.58. The number of hydrogen-bond acceptors (Lipinski definition) is 3. The number of allylic oxidation sites excluding steroid dienone is 1. The van der Waals surface area contributed by atoms with Crippen LogP contribution in [0.15, 0.2) is 11.8 Å². The molecule has 0 fully saturated rings. The topological polar surface area (TPSA) is 46.5 Å². The average molecular weight is 224 g/mol. The van der Waals surface area contributed by atoms with Gasteiger partial charge in [-0.05, 0) is 13.3 Å². The van der Waals surface area contributed by atoms with Crippen LogP contribution in [0.2, 0.25) is 0 Å². The van der Waals surface area contributed by atoms with E-state index in [1.807, 2.05) is 6.92 Å². The molecule has 0 aromatic rings. The molecule has 0 bridgehead atoms. The Morgan fingerprint density at radius 3 is 2.54 bits per heavy atom. The van der Waals surface area contributed by atoms with E-state index in [1.165, 1.54) is 13.2 Å². The molecule has 1 atom stereocenters. The minimum Gasteiger partial charge on any atom is -0.509 e. The normalized spacial score (nSPS) is 13.3. The molecule has 0 radical (unpaired) electrons. The molecule has 1 N–H and O–H groups in total. The van der Waals surface area contributed by atoms with E-state index in [4.69, 9.17) is 4.74 Å². The molecule has 0 aliphatic carbocycles. The third-order valence-corrected chi connectivity index (χ3v) is 1.58. The fourth-order valence-electron chi connectivity index (χ4n) is 0.722. The van der Waals surface area contributed by atoms with Crippen LogP contribution < -0.4 is 0 Å². The van der Waals surface area contributed by atoms with E-state index >= 15 is 0 Å². The Kier molecular flexibility index (Phi) is 9.71. The van der Waals surface area contributed by atoms with Crippen LogP contribution in [0.3, 0.4) is 0 Å². The number of carbonyl (C=O) groups is 1. The van der Waals surface area contributed by atoms with Crippen LogP contribution in [0.4, 0.5) is 0 Å². The van der Waals surface area contributed by atoms with Crippen molar-refractivity contribution in [3.8, 4) is 0 Å². The second kappa shape index (κ2) is 8.31. The van der Waals surface area contributed by atoms with Crippen LogP contribution in [0.5, 0.6) is 0 Å². The summed E-state index contributed by atoms with van der Waals surface area (Å²) < 4.78 is 4.82. The van der Waals surface area contributed by atoms with Crippen LogP contribution in [0.1, 0.15) is 26.7 Å². The number of aliphatic hydroxyl groups is 1. The van der Waals surface area contributed by atoms with Gasteiger partial charge in [0, 0.05) is 37.0 Å². The van der Waals surface area contributed by atoms with Crippen LogP contribution in [0.25, 0.3) is 0 Å². The molecule has 0 amide bonds. The Morgan fingerprint density at radius 1 is 1.62 bits per heavy atom. The van der Waals surface area contributed by atoms with Crippen LogP contribution in [-0.2, 0) is 26.9 Å². The van der Waals surface area contributed by atoms with E-state index in [2.05, 4.69) is 0 Å². The largest absolute Gasteiger partial charge is 0.509 e. The second-order valence-electron chi connectivity index (χ2n) is 2.66. The van der Waals surface area contributed by atoms with Crippen molar-refractivity contribution < 1.29 is 32.0 Å². The van der Waals surface area contributed by atoms with Gasteiger partial charge in [0.2, 0.25) is 0 Å². The molecular weight excluding hydrogens is 208 g/mol. The van der Waals surface area contributed by atoms with Gasteiger partial charge in [-0.3, -0.25) is 4.79 Å². The molecule has 0 aromatic heterocycles. The summed E-state index contributed by atoms with van der Waals surface area (Å²) in [6, 6.07) is 0. The monoisotopic (exact) mass is 224 g/mol. The van der Waals surface area contributed by atoms with Crippen molar-refractivity contribution in [1.29, 1.82) is 0 Å². The van der Waals surface area contributed by atoms with Gasteiger partial charge < -0.3 is 9.84 Å². The molecule has 0 saturated carbocycles. The van der Waals surface area contributed by atoms with Gasteiger partial charge in [0.25, 0.3) is 0 Å². The number of ketones is 1. The number of ether oxygens (including phenoxy) is 1. The molecule has 0 aliphatic rings. The van der Waals surface area contributed by atoms with Gasteiger partial charge in [-0.1, -0.05) is 6.92 Å². The molecule has 0 rings (SSSR count). The van der Waals surface area contributed by atoms with Gasteiger partial charge >= 0.3 is 0 Å². The minimum absolute atomic E-state index is 0. The smallest absolute Gasteiger partial charge is 0.159 e. The van der Waals surface area contributed by atoms with E-state index in [0.717, 1.165) is 6.42 Å². The number of aliphatic hydroxyl groups excluding tert-OH is 1. The SMILES string of the molecule is CCCC(=O)/C=C(\O)C(C)OC.[Cr]. The summed E-state index contributed by atoms with van der Waals surface area (Å²) in [7, 11) is 1.49. The molecule has 76 valence electrons. The second-order valence-corrected chi connectivity index (χ2v) is 2.66. The summed E-state index contributed by atoms with van der Waals surface area (Å²) in [6.45, 7) is 3.60. The van der Waals surface area contributed by atoms with Gasteiger partial charge in [-0.15, -0.1) is 0 Å². The fraction of sp³-hybridized carbons (Fsp3) is 0.667. The zero-order valence-electron chi connectivity index (χ0n) is 8.24. The predicted octanol–water partition coefficient (Wildman–Crippen LogP) is 1.83. The molecule has 1 unspecified atom stereocenters. The Labute approximate surface area is 89.9 Å². The standard InChI is InChI=1S/C9H16O3.Cr/c1-4-5-8(10)6-9(11)7(2)12-3;/h6-7,11H,4-5H2,1-3H3;/b9-6-;. The van der Waals surface area contributed by atoms with Crippen molar-refractivity contribution in [3.63, 3.8) is 0 Å². The van der Waals surface area contributed by atoms with Gasteiger partial charge in [0.05, 0.1) is 0 Å². The van der Waals surface area contributed by atoms with Gasteiger partial charge in [-0.2, -0.15) is 0 Å². The summed E-state index contributed by atoms with van der Waals surface area (Å²) in [6.07, 6.45) is 2.10. The number of rotatable bonds is 5. The quantitative estimate of drug-likeness (QED) is 0.572. The van der Waals surface area contributed by atoms with Crippen molar-refractivity contribution in [1.82, 2.24) is 0 Å². The van der Waals surface area contributed by atoms with Gasteiger partial charge in [0.1, 0.15) is 11.9 Å². The third kappa shape index (κ3) is 6.83. The average Bonchev–Trinajstić information content (AvgIpc) is 2.03. The molecule has 4 heteroatoms. The summed E-state index contributed by atoms with van der Waals surface area (Å²) in [5, 5.41) is 9.23. The molecule has 0 saturated heterocycles. The first kappa shape index (κ1) is 15.2. The van der Waals surface area contributed by atoms with E-state index < -0.39 is 6.10 Å². The van der Waals surface area contributed by atoms with Crippen molar-refractivity contribution in [3.05, 3.63) is 11.8 Å². The van der Waals surface area contributed by atoms with E-state index in [-0.39, 0.29) is 28.9 Å². The number of carbonyl (C=O) groups excluding carboxylic acids is 1. The maximum absolute atomic E-state index is 11.0. The fourth-order valence-corrected chi connectivity index (χ4v) is 0.722. The molecule has 0 aliphatic heterocycles. The minimum atomic E-state index is -0.397. The first-order chi connectivity index (χ1) is 5.61. The van der Waals surface area contributed by atoms with E-state index in [1.54, 1.807) is 6.92 Å². The van der Waals surface area contributed by atoms with Crippen molar-refractivity contribution >= 4 is 5.78 Å². The Balaban J connectivity index is 0. The van der Waals surface area contributed by atoms with Crippen molar-refractivity contribution in [2.75, 3.05) is 7.11 Å². The molecule has 0 spiro atoms. The molecular formula is C9H16CrO3. The summed E-state index contributed by atoms with van der Waals surface area (Å²) in [5.41, 5.74) is 0. The number of hydrogen-bond donors (Lipinski definition) is 1. The zero-order valence-corrected chi connectivity index (χ0v) is 9.52. The molecule has 13 heavy (non-hydrogen) atoms. The Morgan fingerprint density at radius 2 is 2.15 bits per heavy atom. The van der Waals surface area contributed by atoms with Crippen molar-refractivity contribution in [2.45, 2.75) is 32.8 Å². The van der Waals surface area contributed by atoms with Crippen LogP contribution in [0, 0.1) is 0 Å². The number of methoxy groups -OCH3 is 1. The predicted molar refractivity (Wildman–Crippen MR) is 47.1 cm³/mol. The van der Waals surface area contributed by atoms with Gasteiger partial charge in [-0.25, -0.2) is 0 Å². The molecule has 0 aromatic carbocycles. The summed E-state index contributed by atoms with van der Waals surface area (Å²) in [4.78, 5) is 11.0. The maximum atomic E-state index is 11.0. The summed E-state index contributed by atoms with van der Waals surface area (Å²) in [5.74, 6) is -0.0603. The molecule has 0 heterocycles. The van der Waals surface area contributed by atoms with Gasteiger partial charge in [0.15, 0.2) is 5.78 Å². The summed E-state index contributed by atoms with van der Waals surface area (Å²) >= 11 is 0. The van der Waals surface area contributed by atoms with E-state index in [9.17, 15) is 9.90 Å². The Hall–Kier alpha value is -0.298. The molecule has 3 nitrogen and oxygen atoms in total. The first-order valence-electron chi connectivity index (χ1n) is 4.08.